The Kier molecular flexibility index (Phi) is 4.68. The Morgan fingerprint density at radius 2 is 2.09 bits per heavy atom. The van der Waals surface area contributed by atoms with Crippen molar-refractivity contribution < 1.29 is 4.39 Å². The third-order valence-corrected chi connectivity index (χ3v) is 5.58. The smallest absolute Gasteiger partial charge is 0.123 e. The fourth-order valence-corrected chi connectivity index (χ4v) is 4.61. The van der Waals surface area contributed by atoms with Gasteiger partial charge in [-0.05, 0) is 73.2 Å². The van der Waals surface area contributed by atoms with Crippen LogP contribution < -0.4 is 5.32 Å². The quantitative estimate of drug-likeness (QED) is 0.827. The second-order valence-corrected chi connectivity index (χ2v) is 7.00. The Labute approximate surface area is 147 Å². The van der Waals surface area contributed by atoms with Crippen LogP contribution in [0.25, 0.3) is 0 Å². The summed E-state index contributed by atoms with van der Waals surface area (Å²) >= 11 is 6.18. The van der Waals surface area contributed by atoms with Crippen molar-refractivity contribution in [3.8, 4) is 0 Å². The lowest BCUT2D eigenvalue weighted by Gasteiger charge is -2.41. The van der Waals surface area contributed by atoms with Gasteiger partial charge in [0.05, 0.1) is 0 Å². The van der Waals surface area contributed by atoms with Gasteiger partial charge in [-0.15, -0.1) is 12.4 Å². The number of nitrogens with one attached hydrogen (secondary N) is 1. The van der Waals surface area contributed by atoms with E-state index >= 15 is 0 Å². The van der Waals surface area contributed by atoms with Gasteiger partial charge < -0.3 is 5.32 Å². The summed E-state index contributed by atoms with van der Waals surface area (Å²) in [5, 5.41) is 4.47. The zero-order chi connectivity index (χ0) is 15.2. The van der Waals surface area contributed by atoms with Crippen LogP contribution in [0.3, 0.4) is 0 Å². The highest BCUT2D eigenvalue weighted by Crippen LogP contribution is 2.46. The summed E-state index contributed by atoms with van der Waals surface area (Å²) in [5.74, 6) is -0.149. The SMILES string of the molecule is Cl.Fc1cccc(CC23CCNC2CCc2cc(Cl)ccc23)c1. The maximum Gasteiger partial charge on any atom is 0.123 e. The lowest BCUT2D eigenvalue weighted by Crippen LogP contribution is -2.45. The van der Waals surface area contributed by atoms with Crippen LogP contribution in [0.1, 0.15) is 29.5 Å². The molecule has 1 aliphatic carbocycles. The lowest BCUT2D eigenvalue weighted by molar-refractivity contribution is 0.326. The highest BCUT2D eigenvalue weighted by atomic mass is 35.5. The van der Waals surface area contributed by atoms with Crippen LogP contribution >= 0.6 is 24.0 Å². The molecule has 1 saturated heterocycles. The van der Waals surface area contributed by atoms with Gasteiger partial charge in [-0.2, -0.15) is 0 Å². The monoisotopic (exact) mass is 351 g/mol. The molecule has 2 aliphatic rings. The number of fused-ring (bicyclic) bond motifs is 3. The Morgan fingerprint density at radius 3 is 2.91 bits per heavy atom. The van der Waals surface area contributed by atoms with E-state index in [4.69, 9.17) is 11.6 Å². The van der Waals surface area contributed by atoms with Gasteiger partial charge in [-0.1, -0.05) is 29.8 Å². The molecule has 2 aromatic carbocycles. The van der Waals surface area contributed by atoms with Crippen molar-refractivity contribution in [1.29, 1.82) is 0 Å². The molecule has 2 unspecified atom stereocenters. The van der Waals surface area contributed by atoms with E-state index in [1.807, 2.05) is 18.2 Å². The molecular formula is C19H20Cl2FN. The molecule has 1 fully saturated rings. The highest BCUT2D eigenvalue weighted by molar-refractivity contribution is 6.30. The van der Waals surface area contributed by atoms with Crippen molar-refractivity contribution >= 4 is 24.0 Å². The summed E-state index contributed by atoms with van der Waals surface area (Å²) in [5.41, 5.74) is 3.93. The Hall–Kier alpha value is -1.09. The molecule has 0 amide bonds. The molecule has 122 valence electrons. The molecule has 4 rings (SSSR count). The fourth-order valence-electron chi connectivity index (χ4n) is 4.41. The third kappa shape index (κ3) is 2.88. The minimum Gasteiger partial charge on any atom is -0.313 e. The van der Waals surface area contributed by atoms with Crippen molar-refractivity contribution in [2.24, 2.45) is 0 Å². The molecule has 1 N–H and O–H groups in total. The van der Waals surface area contributed by atoms with Crippen molar-refractivity contribution in [3.63, 3.8) is 0 Å². The third-order valence-electron chi connectivity index (χ3n) is 5.34. The maximum absolute atomic E-state index is 13.6. The van der Waals surface area contributed by atoms with Gasteiger partial charge in [0.2, 0.25) is 0 Å². The standard InChI is InChI=1S/C19H19ClFN.ClH/c20-15-5-6-17-14(11-15)4-7-18-19(17,8-9-22-18)12-13-2-1-3-16(21)10-13;/h1-3,5-6,10-11,18,22H,4,7-9,12H2;1H. The Bertz CT molecular complexity index is 718. The van der Waals surface area contributed by atoms with Crippen LogP contribution in [0.2, 0.25) is 5.02 Å². The Balaban J connectivity index is 0.00000156. The molecule has 1 nitrogen and oxygen atoms in total. The number of rotatable bonds is 2. The van der Waals surface area contributed by atoms with Crippen molar-refractivity contribution in [3.05, 3.63) is 70.0 Å². The number of aryl methyl sites for hydroxylation is 1. The van der Waals surface area contributed by atoms with Gasteiger partial charge in [-0.25, -0.2) is 4.39 Å². The lowest BCUT2D eigenvalue weighted by atomic mass is 9.64. The van der Waals surface area contributed by atoms with Gasteiger partial charge in [0, 0.05) is 16.5 Å². The van der Waals surface area contributed by atoms with E-state index in [9.17, 15) is 4.39 Å². The first-order valence-corrected chi connectivity index (χ1v) is 8.32. The molecule has 1 heterocycles. The molecule has 23 heavy (non-hydrogen) atoms. The molecule has 0 aromatic heterocycles. The first kappa shape index (κ1) is 16.8. The minimum absolute atomic E-state index is 0. The number of halogens is 3. The van der Waals surface area contributed by atoms with Crippen LogP contribution in [0.15, 0.2) is 42.5 Å². The number of benzene rings is 2. The van der Waals surface area contributed by atoms with Crippen molar-refractivity contribution in [1.82, 2.24) is 5.32 Å². The topological polar surface area (TPSA) is 12.0 Å². The van der Waals surface area contributed by atoms with Crippen molar-refractivity contribution in [2.45, 2.75) is 37.1 Å². The predicted octanol–water partition coefficient (Wildman–Crippen LogP) is 4.69. The summed E-state index contributed by atoms with van der Waals surface area (Å²) in [6.45, 7) is 1.03. The highest BCUT2D eigenvalue weighted by Gasteiger charge is 2.47. The van der Waals surface area contributed by atoms with Crippen LogP contribution in [-0.4, -0.2) is 12.6 Å². The average Bonchev–Trinajstić information content (AvgIpc) is 2.90. The molecule has 0 spiro atoms. The largest absolute Gasteiger partial charge is 0.313 e. The maximum atomic E-state index is 13.6. The number of hydrogen-bond donors (Lipinski definition) is 1. The second-order valence-electron chi connectivity index (χ2n) is 6.56. The zero-order valence-corrected chi connectivity index (χ0v) is 14.4. The molecular weight excluding hydrogens is 332 g/mol. The van der Waals surface area contributed by atoms with Crippen molar-refractivity contribution in [2.75, 3.05) is 6.54 Å². The van der Waals surface area contributed by atoms with Gasteiger partial charge in [-0.3, -0.25) is 0 Å². The van der Waals surface area contributed by atoms with E-state index in [-0.39, 0.29) is 23.6 Å². The molecule has 2 aromatic rings. The van der Waals surface area contributed by atoms with E-state index in [2.05, 4.69) is 17.4 Å². The van der Waals surface area contributed by atoms with Crippen LogP contribution in [0, 0.1) is 5.82 Å². The predicted molar refractivity (Wildman–Crippen MR) is 95.2 cm³/mol. The first-order valence-electron chi connectivity index (χ1n) is 7.94. The van der Waals surface area contributed by atoms with Crippen LogP contribution in [0.4, 0.5) is 4.39 Å². The summed E-state index contributed by atoms with van der Waals surface area (Å²) in [7, 11) is 0. The van der Waals surface area contributed by atoms with E-state index < -0.39 is 0 Å². The summed E-state index contributed by atoms with van der Waals surface area (Å²) < 4.78 is 13.6. The summed E-state index contributed by atoms with van der Waals surface area (Å²) in [6, 6.07) is 13.8. The fraction of sp³-hybridized carbons (Fsp3) is 0.368. The normalized spacial score (nSPS) is 25.4. The van der Waals surface area contributed by atoms with Gasteiger partial charge in [0.1, 0.15) is 5.82 Å². The average molecular weight is 352 g/mol. The van der Waals surface area contributed by atoms with E-state index in [0.717, 1.165) is 42.8 Å². The zero-order valence-electron chi connectivity index (χ0n) is 12.8. The molecule has 2 atom stereocenters. The van der Waals surface area contributed by atoms with E-state index in [1.54, 1.807) is 6.07 Å². The molecule has 0 bridgehead atoms. The molecule has 4 heteroatoms. The van der Waals surface area contributed by atoms with E-state index in [1.165, 1.54) is 17.2 Å². The Morgan fingerprint density at radius 1 is 1.22 bits per heavy atom. The summed E-state index contributed by atoms with van der Waals surface area (Å²) in [6.07, 6.45) is 4.18. The molecule has 0 radical (unpaired) electrons. The minimum atomic E-state index is -0.149. The first-order chi connectivity index (χ1) is 10.7. The van der Waals surface area contributed by atoms with Crippen LogP contribution in [-0.2, 0) is 18.3 Å². The van der Waals surface area contributed by atoms with Gasteiger partial charge in [0.25, 0.3) is 0 Å². The molecule has 0 saturated carbocycles. The summed E-state index contributed by atoms with van der Waals surface area (Å²) in [4.78, 5) is 0. The second kappa shape index (κ2) is 6.43. The molecule has 1 aliphatic heterocycles. The van der Waals surface area contributed by atoms with Crippen LogP contribution in [0.5, 0.6) is 0 Å². The van der Waals surface area contributed by atoms with E-state index in [0.29, 0.717) is 6.04 Å². The number of hydrogen-bond acceptors (Lipinski definition) is 1. The van der Waals surface area contributed by atoms with Gasteiger partial charge >= 0.3 is 0 Å². The van der Waals surface area contributed by atoms with Gasteiger partial charge in [0.15, 0.2) is 0 Å².